The van der Waals surface area contributed by atoms with E-state index in [0.717, 1.165) is 22.5 Å². The summed E-state index contributed by atoms with van der Waals surface area (Å²) >= 11 is 0. The fourth-order valence-corrected chi connectivity index (χ4v) is 1.53. The van der Waals surface area contributed by atoms with Crippen LogP contribution in [0.1, 0.15) is 0 Å². The lowest BCUT2D eigenvalue weighted by Crippen LogP contribution is -1.93. The molecular formula is C11H9N5. The fourth-order valence-electron chi connectivity index (χ4n) is 1.53. The van der Waals surface area contributed by atoms with Crippen LogP contribution in [0.2, 0.25) is 0 Å². The molecule has 0 radical (unpaired) electrons. The molecular weight excluding hydrogens is 202 g/mol. The minimum atomic E-state index is 0.765. The summed E-state index contributed by atoms with van der Waals surface area (Å²) in [6.45, 7) is 0. The van der Waals surface area contributed by atoms with Crippen LogP contribution in [-0.4, -0.2) is 20.2 Å². The third kappa shape index (κ3) is 1.48. The van der Waals surface area contributed by atoms with Crippen LogP contribution in [0.4, 0.5) is 11.5 Å². The SMILES string of the molecule is c1ccc(Nc2ccnc3[nH]ncc23)nc1. The molecule has 3 heterocycles. The lowest BCUT2D eigenvalue weighted by Gasteiger charge is -2.05. The van der Waals surface area contributed by atoms with Crippen LogP contribution in [0.3, 0.4) is 0 Å². The second kappa shape index (κ2) is 3.62. The monoisotopic (exact) mass is 211 g/mol. The van der Waals surface area contributed by atoms with E-state index in [1.807, 2.05) is 24.3 Å². The van der Waals surface area contributed by atoms with Gasteiger partial charge in [-0.15, -0.1) is 0 Å². The molecule has 0 unspecified atom stereocenters. The number of pyridine rings is 2. The number of fused-ring (bicyclic) bond motifs is 1. The van der Waals surface area contributed by atoms with Gasteiger partial charge in [-0.05, 0) is 18.2 Å². The van der Waals surface area contributed by atoms with Gasteiger partial charge >= 0.3 is 0 Å². The van der Waals surface area contributed by atoms with Crippen molar-refractivity contribution >= 4 is 22.5 Å². The average Bonchev–Trinajstić information content (AvgIpc) is 2.80. The number of rotatable bonds is 2. The molecule has 3 aromatic rings. The standard InChI is InChI=1S/C11H9N5/c1-2-5-12-10(3-1)15-9-4-6-13-11-8(9)7-14-16-11/h1-7H,(H2,12,13,14,15,16). The van der Waals surface area contributed by atoms with E-state index in [0.29, 0.717) is 0 Å². The minimum absolute atomic E-state index is 0.765. The Morgan fingerprint density at radius 2 is 2.06 bits per heavy atom. The van der Waals surface area contributed by atoms with Gasteiger partial charge in [0.15, 0.2) is 5.65 Å². The van der Waals surface area contributed by atoms with Crippen molar-refractivity contribution in [3.05, 3.63) is 42.9 Å². The molecule has 0 fully saturated rings. The number of hydrogen-bond acceptors (Lipinski definition) is 4. The van der Waals surface area contributed by atoms with Gasteiger partial charge in [-0.3, -0.25) is 5.10 Å². The van der Waals surface area contributed by atoms with Gasteiger partial charge < -0.3 is 5.32 Å². The van der Waals surface area contributed by atoms with E-state index < -0.39 is 0 Å². The molecule has 0 amide bonds. The molecule has 16 heavy (non-hydrogen) atoms. The van der Waals surface area contributed by atoms with Crippen molar-refractivity contribution in [2.24, 2.45) is 0 Å². The van der Waals surface area contributed by atoms with Crippen LogP contribution in [0, 0.1) is 0 Å². The minimum Gasteiger partial charge on any atom is -0.340 e. The maximum atomic E-state index is 4.20. The Morgan fingerprint density at radius 3 is 2.94 bits per heavy atom. The molecule has 0 saturated heterocycles. The first-order valence-electron chi connectivity index (χ1n) is 4.89. The number of nitrogens with zero attached hydrogens (tertiary/aromatic N) is 3. The summed E-state index contributed by atoms with van der Waals surface area (Å²) in [6, 6.07) is 7.62. The van der Waals surface area contributed by atoms with Crippen LogP contribution in [-0.2, 0) is 0 Å². The highest BCUT2D eigenvalue weighted by Crippen LogP contribution is 2.21. The summed E-state index contributed by atoms with van der Waals surface area (Å²) in [5.74, 6) is 0.802. The van der Waals surface area contributed by atoms with Crippen molar-refractivity contribution in [1.82, 2.24) is 20.2 Å². The second-order valence-corrected chi connectivity index (χ2v) is 3.33. The predicted octanol–water partition coefficient (Wildman–Crippen LogP) is 2.10. The summed E-state index contributed by atoms with van der Waals surface area (Å²) in [5.41, 5.74) is 1.71. The van der Waals surface area contributed by atoms with Crippen molar-refractivity contribution in [1.29, 1.82) is 0 Å². The van der Waals surface area contributed by atoms with Crippen LogP contribution >= 0.6 is 0 Å². The Hall–Kier alpha value is -2.43. The van der Waals surface area contributed by atoms with Gasteiger partial charge in [0.25, 0.3) is 0 Å². The summed E-state index contributed by atoms with van der Waals surface area (Å²) in [4.78, 5) is 8.37. The number of H-pyrrole nitrogens is 1. The lowest BCUT2D eigenvalue weighted by atomic mass is 10.3. The largest absolute Gasteiger partial charge is 0.340 e. The summed E-state index contributed by atoms with van der Waals surface area (Å²) < 4.78 is 0. The normalized spacial score (nSPS) is 10.5. The maximum Gasteiger partial charge on any atom is 0.157 e. The highest BCUT2D eigenvalue weighted by molar-refractivity contribution is 5.89. The highest BCUT2D eigenvalue weighted by Gasteiger charge is 2.03. The van der Waals surface area contributed by atoms with Crippen molar-refractivity contribution in [2.45, 2.75) is 0 Å². The van der Waals surface area contributed by atoms with E-state index in [2.05, 4.69) is 25.5 Å². The van der Waals surface area contributed by atoms with Gasteiger partial charge in [-0.25, -0.2) is 9.97 Å². The molecule has 0 aliphatic rings. The zero-order chi connectivity index (χ0) is 10.8. The molecule has 0 spiro atoms. The van der Waals surface area contributed by atoms with Crippen molar-refractivity contribution in [3.63, 3.8) is 0 Å². The van der Waals surface area contributed by atoms with E-state index in [4.69, 9.17) is 0 Å². The number of aromatic amines is 1. The number of nitrogens with one attached hydrogen (secondary N) is 2. The third-order valence-corrected chi connectivity index (χ3v) is 2.28. The van der Waals surface area contributed by atoms with Crippen molar-refractivity contribution < 1.29 is 0 Å². The summed E-state index contributed by atoms with van der Waals surface area (Å²) in [6.07, 6.45) is 5.22. The molecule has 0 bridgehead atoms. The molecule has 0 aliphatic carbocycles. The topological polar surface area (TPSA) is 66.5 Å². The zero-order valence-electron chi connectivity index (χ0n) is 8.38. The Morgan fingerprint density at radius 1 is 1.06 bits per heavy atom. The zero-order valence-corrected chi connectivity index (χ0v) is 8.38. The van der Waals surface area contributed by atoms with Gasteiger partial charge in [0.05, 0.1) is 17.3 Å². The Kier molecular flexibility index (Phi) is 2.00. The Balaban J connectivity index is 2.04. The molecule has 0 saturated carbocycles. The van der Waals surface area contributed by atoms with E-state index in [9.17, 15) is 0 Å². The van der Waals surface area contributed by atoms with Crippen LogP contribution in [0.15, 0.2) is 42.9 Å². The fraction of sp³-hybridized carbons (Fsp3) is 0. The van der Waals surface area contributed by atoms with Crippen molar-refractivity contribution in [2.75, 3.05) is 5.32 Å². The molecule has 3 aromatic heterocycles. The second-order valence-electron chi connectivity index (χ2n) is 3.33. The van der Waals surface area contributed by atoms with Gasteiger partial charge in [-0.2, -0.15) is 5.10 Å². The molecule has 78 valence electrons. The van der Waals surface area contributed by atoms with Crippen LogP contribution < -0.4 is 5.32 Å². The first-order chi connectivity index (χ1) is 7.93. The lowest BCUT2D eigenvalue weighted by molar-refractivity contribution is 1.10. The molecule has 0 aliphatic heterocycles. The molecule has 0 atom stereocenters. The van der Waals surface area contributed by atoms with E-state index >= 15 is 0 Å². The van der Waals surface area contributed by atoms with Crippen molar-refractivity contribution in [3.8, 4) is 0 Å². The number of anilines is 2. The highest BCUT2D eigenvalue weighted by atomic mass is 15.1. The first kappa shape index (κ1) is 8.84. The van der Waals surface area contributed by atoms with E-state index in [-0.39, 0.29) is 0 Å². The molecule has 0 aromatic carbocycles. The van der Waals surface area contributed by atoms with Crippen LogP contribution in [0.5, 0.6) is 0 Å². The quantitative estimate of drug-likeness (QED) is 0.681. The Bertz CT molecular complexity index is 602. The molecule has 2 N–H and O–H groups in total. The first-order valence-corrected chi connectivity index (χ1v) is 4.89. The van der Waals surface area contributed by atoms with Gasteiger partial charge in [0.1, 0.15) is 5.82 Å². The van der Waals surface area contributed by atoms with Crippen LogP contribution in [0.25, 0.3) is 11.0 Å². The number of aromatic nitrogens is 4. The molecule has 5 heteroatoms. The van der Waals surface area contributed by atoms with E-state index in [1.165, 1.54) is 0 Å². The smallest absolute Gasteiger partial charge is 0.157 e. The summed E-state index contributed by atoms with van der Waals surface area (Å²) in [5, 5.41) is 11.0. The van der Waals surface area contributed by atoms with Gasteiger partial charge in [-0.1, -0.05) is 6.07 Å². The average molecular weight is 211 g/mol. The maximum absolute atomic E-state index is 4.20. The Labute approximate surface area is 91.6 Å². The van der Waals surface area contributed by atoms with Gasteiger partial charge in [0.2, 0.25) is 0 Å². The molecule has 3 rings (SSSR count). The molecule has 5 nitrogen and oxygen atoms in total. The third-order valence-electron chi connectivity index (χ3n) is 2.28. The van der Waals surface area contributed by atoms with E-state index in [1.54, 1.807) is 18.6 Å². The predicted molar refractivity (Wildman–Crippen MR) is 61.4 cm³/mol. The summed E-state index contributed by atoms with van der Waals surface area (Å²) in [7, 11) is 0. The number of hydrogen-bond donors (Lipinski definition) is 2. The van der Waals surface area contributed by atoms with Gasteiger partial charge in [0, 0.05) is 12.4 Å².